The second-order valence-electron chi connectivity index (χ2n) is 8.00. The van der Waals surface area contributed by atoms with Crippen molar-refractivity contribution in [3.05, 3.63) is 65.7 Å². The molecule has 12 heteroatoms. The van der Waals surface area contributed by atoms with E-state index < -0.39 is 11.7 Å². The maximum Gasteiger partial charge on any atom is 0.416 e. The molecule has 0 aliphatic carbocycles. The van der Waals surface area contributed by atoms with Crippen LogP contribution in [-0.2, 0) is 12.7 Å². The number of anilines is 3. The lowest BCUT2D eigenvalue weighted by molar-refractivity contribution is -0.137. The van der Waals surface area contributed by atoms with E-state index in [0.717, 1.165) is 17.7 Å². The fourth-order valence-corrected chi connectivity index (χ4v) is 3.63. The largest absolute Gasteiger partial charge is 0.464 e. The summed E-state index contributed by atoms with van der Waals surface area (Å²) in [6.45, 7) is 4.36. The first-order valence-electron chi connectivity index (χ1n) is 11.5. The van der Waals surface area contributed by atoms with Crippen molar-refractivity contribution in [2.75, 3.05) is 43.0 Å². The number of nitrogens with zero attached hydrogens (tertiary/aromatic N) is 5. The smallest absolute Gasteiger partial charge is 0.416 e. The maximum atomic E-state index is 13.1. The highest BCUT2D eigenvalue weighted by Gasteiger charge is 2.30. The molecule has 2 N–H and O–H groups in total. The van der Waals surface area contributed by atoms with Gasteiger partial charge in [0, 0.05) is 38.4 Å². The third kappa shape index (κ3) is 6.52. The molecule has 1 saturated heterocycles. The van der Waals surface area contributed by atoms with Crippen molar-refractivity contribution in [1.82, 2.24) is 25.2 Å². The van der Waals surface area contributed by atoms with Gasteiger partial charge in [-0.1, -0.05) is 36.4 Å². The third-order valence-corrected chi connectivity index (χ3v) is 5.46. The standard InChI is InChI=1S/C24H26F3N7O2/c1-2-36-22-31-20(29-19-10-6-9-18(15-19)24(25,26)27)30-21(32-22)33-11-13-34(14-12-33)23(35)28-16-17-7-4-3-5-8-17/h3-10,15H,2,11-14,16H2,1H3,(H,28,35)(H,29,30,31,32). The Bertz CT molecular complexity index is 1170. The number of aromatic nitrogens is 3. The molecule has 36 heavy (non-hydrogen) atoms. The number of carbonyl (C=O) groups excluding carboxylic acids is 1. The van der Waals surface area contributed by atoms with Gasteiger partial charge in [-0.25, -0.2) is 4.79 Å². The van der Waals surface area contributed by atoms with Gasteiger partial charge in [0.1, 0.15) is 0 Å². The molecular weight excluding hydrogens is 475 g/mol. The number of ether oxygens (including phenoxy) is 1. The van der Waals surface area contributed by atoms with Crippen molar-refractivity contribution < 1.29 is 22.7 Å². The number of amides is 2. The highest BCUT2D eigenvalue weighted by Crippen LogP contribution is 2.31. The number of halogens is 3. The molecule has 1 fully saturated rings. The SMILES string of the molecule is CCOc1nc(Nc2cccc(C(F)(F)F)c2)nc(N2CCN(C(=O)NCc3ccccc3)CC2)n1. The minimum Gasteiger partial charge on any atom is -0.464 e. The van der Waals surface area contributed by atoms with Crippen LogP contribution >= 0.6 is 0 Å². The first kappa shape index (κ1) is 25.0. The lowest BCUT2D eigenvalue weighted by atomic mass is 10.2. The average Bonchev–Trinajstić information content (AvgIpc) is 2.88. The predicted octanol–water partition coefficient (Wildman–Crippen LogP) is 4.06. The van der Waals surface area contributed by atoms with E-state index in [1.165, 1.54) is 12.1 Å². The van der Waals surface area contributed by atoms with Crippen LogP contribution in [0.5, 0.6) is 6.01 Å². The van der Waals surface area contributed by atoms with E-state index in [4.69, 9.17) is 4.74 Å². The van der Waals surface area contributed by atoms with Crippen molar-refractivity contribution in [2.24, 2.45) is 0 Å². The van der Waals surface area contributed by atoms with Gasteiger partial charge in [-0.3, -0.25) is 0 Å². The average molecular weight is 502 g/mol. The summed E-state index contributed by atoms with van der Waals surface area (Å²) in [6, 6.07) is 14.3. The monoisotopic (exact) mass is 501 g/mol. The molecule has 1 aromatic heterocycles. The van der Waals surface area contributed by atoms with E-state index in [1.54, 1.807) is 11.8 Å². The van der Waals surface area contributed by atoms with Gasteiger partial charge in [-0.15, -0.1) is 0 Å². The minimum atomic E-state index is -4.47. The normalized spacial score (nSPS) is 13.9. The third-order valence-electron chi connectivity index (χ3n) is 5.46. The molecule has 2 heterocycles. The van der Waals surface area contributed by atoms with Crippen LogP contribution in [0.1, 0.15) is 18.1 Å². The maximum absolute atomic E-state index is 13.1. The fraction of sp³-hybridized carbons (Fsp3) is 0.333. The van der Waals surface area contributed by atoms with Gasteiger partial charge in [0.15, 0.2) is 0 Å². The number of alkyl halides is 3. The Hall–Kier alpha value is -4.09. The minimum absolute atomic E-state index is 0.0556. The second-order valence-corrected chi connectivity index (χ2v) is 8.00. The van der Waals surface area contributed by atoms with Crippen molar-refractivity contribution in [3.63, 3.8) is 0 Å². The number of piperazine rings is 1. The zero-order chi connectivity index (χ0) is 25.5. The Kier molecular flexibility index (Phi) is 7.71. The number of nitrogens with one attached hydrogen (secondary N) is 2. The molecule has 9 nitrogen and oxygen atoms in total. The van der Waals surface area contributed by atoms with Crippen LogP contribution in [0.2, 0.25) is 0 Å². The van der Waals surface area contributed by atoms with Crippen LogP contribution in [-0.4, -0.2) is 58.7 Å². The zero-order valence-corrected chi connectivity index (χ0v) is 19.6. The van der Waals surface area contributed by atoms with Crippen molar-refractivity contribution >= 4 is 23.6 Å². The van der Waals surface area contributed by atoms with Gasteiger partial charge in [0.05, 0.1) is 12.2 Å². The van der Waals surface area contributed by atoms with Gasteiger partial charge in [0.25, 0.3) is 0 Å². The van der Waals surface area contributed by atoms with Crippen LogP contribution in [0, 0.1) is 0 Å². The van der Waals surface area contributed by atoms with Crippen LogP contribution in [0.25, 0.3) is 0 Å². The number of hydrogen-bond donors (Lipinski definition) is 2. The lowest BCUT2D eigenvalue weighted by Gasteiger charge is -2.34. The Morgan fingerprint density at radius 3 is 2.44 bits per heavy atom. The highest BCUT2D eigenvalue weighted by molar-refractivity contribution is 5.74. The van der Waals surface area contributed by atoms with Crippen LogP contribution in [0.3, 0.4) is 0 Å². The quantitative estimate of drug-likeness (QED) is 0.504. The zero-order valence-electron chi connectivity index (χ0n) is 19.6. The summed E-state index contributed by atoms with van der Waals surface area (Å²) in [6.07, 6.45) is -4.47. The molecule has 0 radical (unpaired) electrons. The lowest BCUT2D eigenvalue weighted by Crippen LogP contribution is -2.52. The molecule has 0 spiro atoms. The molecule has 2 amide bonds. The summed E-state index contributed by atoms with van der Waals surface area (Å²) in [4.78, 5) is 29.0. The molecule has 190 valence electrons. The predicted molar refractivity (Wildman–Crippen MR) is 128 cm³/mol. The van der Waals surface area contributed by atoms with Gasteiger partial charge < -0.3 is 25.2 Å². The topological polar surface area (TPSA) is 95.5 Å². The molecule has 0 bridgehead atoms. The van der Waals surface area contributed by atoms with Gasteiger partial charge in [0.2, 0.25) is 11.9 Å². The van der Waals surface area contributed by atoms with Gasteiger partial charge in [-0.05, 0) is 30.7 Å². The first-order chi connectivity index (χ1) is 17.3. The van der Waals surface area contributed by atoms with Crippen molar-refractivity contribution in [1.29, 1.82) is 0 Å². The van der Waals surface area contributed by atoms with Gasteiger partial charge >= 0.3 is 18.2 Å². The summed E-state index contributed by atoms with van der Waals surface area (Å²) in [5.41, 5.74) is 0.414. The summed E-state index contributed by atoms with van der Waals surface area (Å²) in [5, 5.41) is 5.73. The molecule has 0 saturated carbocycles. The number of rotatable bonds is 7. The highest BCUT2D eigenvalue weighted by atomic mass is 19.4. The van der Waals surface area contributed by atoms with E-state index in [1.807, 2.05) is 35.2 Å². The molecule has 4 rings (SSSR count). The first-order valence-corrected chi connectivity index (χ1v) is 11.5. The van der Waals surface area contributed by atoms with Crippen molar-refractivity contribution in [2.45, 2.75) is 19.6 Å². The van der Waals surface area contributed by atoms with Crippen molar-refractivity contribution in [3.8, 4) is 6.01 Å². The number of carbonyl (C=O) groups is 1. The molecule has 2 aromatic carbocycles. The summed E-state index contributed by atoms with van der Waals surface area (Å²) < 4.78 is 44.7. The van der Waals surface area contributed by atoms with Crippen LogP contribution in [0.4, 0.5) is 35.5 Å². The summed E-state index contributed by atoms with van der Waals surface area (Å²) in [7, 11) is 0. The number of urea groups is 1. The molecule has 3 aromatic rings. The summed E-state index contributed by atoms with van der Waals surface area (Å²) in [5.74, 6) is 0.373. The van der Waals surface area contributed by atoms with E-state index >= 15 is 0 Å². The molecule has 1 aliphatic rings. The Morgan fingerprint density at radius 2 is 1.75 bits per heavy atom. The second kappa shape index (κ2) is 11.1. The molecule has 0 atom stereocenters. The number of hydrogen-bond acceptors (Lipinski definition) is 7. The van der Waals surface area contributed by atoms with E-state index in [2.05, 4.69) is 25.6 Å². The van der Waals surface area contributed by atoms with Crippen LogP contribution < -0.4 is 20.3 Å². The Balaban J connectivity index is 1.42. The Labute approximate surface area is 206 Å². The Morgan fingerprint density at radius 1 is 1.00 bits per heavy atom. The molecule has 1 aliphatic heterocycles. The molecule has 0 unspecified atom stereocenters. The van der Waals surface area contributed by atoms with Crippen LogP contribution in [0.15, 0.2) is 54.6 Å². The van der Waals surface area contributed by atoms with E-state index in [9.17, 15) is 18.0 Å². The van der Waals surface area contributed by atoms with Gasteiger partial charge in [-0.2, -0.15) is 28.1 Å². The van der Waals surface area contributed by atoms with E-state index in [-0.39, 0.29) is 23.7 Å². The van der Waals surface area contributed by atoms with E-state index in [0.29, 0.717) is 45.3 Å². The fourth-order valence-electron chi connectivity index (χ4n) is 3.63. The summed E-state index contributed by atoms with van der Waals surface area (Å²) >= 11 is 0. The number of benzene rings is 2. The molecular formula is C24H26F3N7O2.